The highest BCUT2D eigenvalue weighted by Crippen LogP contribution is 2.09. The minimum atomic E-state index is -0.0455. The van der Waals surface area contributed by atoms with E-state index in [1.54, 1.807) is 18.3 Å². The topological polar surface area (TPSA) is 78.9 Å². The van der Waals surface area contributed by atoms with Crippen molar-refractivity contribution in [2.24, 2.45) is 4.99 Å². The Morgan fingerprint density at radius 1 is 1.26 bits per heavy atom. The van der Waals surface area contributed by atoms with Crippen molar-refractivity contribution in [3.8, 4) is 0 Å². The molecule has 1 aliphatic heterocycles. The summed E-state index contributed by atoms with van der Waals surface area (Å²) in [5, 5.41) is 7.55. The maximum absolute atomic E-state index is 12.3. The number of rotatable bonds is 6. The quantitative estimate of drug-likeness (QED) is 0.292. The summed E-state index contributed by atoms with van der Waals surface area (Å²) in [6.07, 6.45) is 6.22. The van der Waals surface area contributed by atoms with Gasteiger partial charge in [0.15, 0.2) is 11.7 Å². The fraction of sp³-hybridized carbons (Fsp3) is 0.500. The van der Waals surface area contributed by atoms with E-state index in [0.29, 0.717) is 18.8 Å². The van der Waals surface area contributed by atoms with E-state index in [4.69, 9.17) is 9.41 Å². The standard InChI is InChI=1S/C18H26N6O2.HI/c1-2-19-18(20-7-4-9-24-10-5-8-21-24)23-13-11-22(12-14-23)17(25)16-6-3-15-26-16;/h3,5-6,8,10,15H,2,4,7,9,11-14H2,1H3,(H,19,20);1H. The number of amides is 1. The molecule has 0 radical (unpaired) electrons. The number of hydrogen-bond donors (Lipinski definition) is 1. The van der Waals surface area contributed by atoms with Gasteiger partial charge in [0, 0.05) is 58.2 Å². The van der Waals surface area contributed by atoms with Gasteiger partial charge in [-0.2, -0.15) is 5.10 Å². The highest BCUT2D eigenvalue weighted by atomic mass is 127. The van der Waals surface area contributed by atoms with Crippen LogP contribution in [0.2, 0.25) is 0 Å². The molecule has 3 heterocycles. The molecule has 0 atom stereocenters. The molecule has 1 amide bonds. The van der Waals surface area contributed by atoms with Crippen LogP contribution in [0.25, 0.3) is 0 Å². The second kappa shape index (κ2) is 11.0. The van der Waals surface area contributed by atoms with E-state index >= 15 is 0 Å². The first kappa shape index (κ1) is 21.3. The van der Waals surface area contributed by atoms with Gasteiger partial charge < -0.3 is 19.5 Å². The molecule has 2 aromatic rings. The Morgan fingerprint density at radius 3 is 2.67 bits per heavy atom. The lowest BCUT2D eigenvalue weighted by Gasteiger charge is -2.36. The number of aryl methyl sites for hydroxylation is 1. The summed E-state index contributed by atoms with van der Waals surface area (Å²) in [6.45, 7) is 7.35. The highest BCUT2D eigenvalue weighted by molar-refractivity contribution is 14.0. The van der Waals surface area contributed by atoms with Gasteiger partial charge in [-0.25, -0.2) is 0 Å². The van der Waals surface area contributed by atoms with Gasteiger partial charge in [-0.3, -0.25) is 14.5 Å². The molecule has 1 N–H and O–H groups in total. The minimum Gasteiger partial charge on any atom is -0.459 e. The summed E-state index contributed by atoms with van der Waals surface area (Å²) < 4.78 is 7.13. The summed E-state index contributed by atoms with van der Waals surface area (Å²) in [5.41, 5.74) is 0. The predicted octanol–water partition coefficient (Wildman–Crippen LogP) is 1.91. The van der Waals surface area contributed by atoms with Gasteiger partial charge in [-0.05, 0) is 31.5 Å². The fourth-order valence-corrected chi connectivity index (χ4v) is 2.95. The van der Waals surface area contributed by atoms with E-state index in [9.17, 15) is 4.79 Å². The maximum atomic E-state index is 12.3. The van der Waals surface area contributed by atoms with Crippen molar-refractivity contribution < 1.29 is 9.21 Å². The Bertz CT molecular complexity index is 694. The molecule has 0 unspecified atom stereocenters. The van der Waals surface area contributed by atoms with Crippen molar-refractivity contribution in [3.05, 3.63) is 42.6 Å². The van der Waals surface area contributed by atoms with Crippen molar-refractivity contribution in [1.29, 1.82) is 0 Å². The van der Waals surface area contributed by atoms with Crippen LogP contribution >= 0.6 is 24.0 Å². The molecule has 1 saturated heterocycles. The number of halogens is 1. The summed E-state index contributed by atoms with van der Waals surface area (Å²) in [4.78, 5) is 21.1. The molecular formula is C18H27IN6O2. The zero-order valence-electron chi connectivity index (χ0n) is 15.6. The number of carbonyl (C=O) groups is 1. The Balaban J connectivity index is 0.00000261. The van der Waals surface area contributed by atoms with Gasteiger partial charge in [0.25, 0.3) is 5.91 Å². The lowest BCUT2D eigenvalue weighted by Crippen LogP contribution is -2.53. The van der Waals surface area contributed by atoms with Crippen LogP contribution in [0.1, 0.15) is 23.9 Å². The normalized spacial score (nSPS) is 14.8. The Kier molecular flexibility index (Phi) is 8.62. The van der Waals surface area contributed by atoms with Crippen molar-refractivity contribution >= 4 is 35.8 Å². The van der Waals surface area contributed by atoms with Crippen LogP contribution in [0, 0.1) is 0 Å². The number of aromatic nitrogens is 2. The predicted molar refractivity (Wildman–Crippen MR) is 114 cm³/mol. The maximum Gasteiger partial charge on any atom is 0.289 e. The van der Waals surface area contributed by atoms with E-state index in [1.165, 1.54) is 6.26 Å². The number of hydrogen-bond acceptors (Lipinski definition) is 4. The Hall–Kier alpha value is -2.04. The van der Waals surface area contributed by atoms with E-state index in [-0.39, 0.29) is 29.9 Å². The zero-order valence-corrected chi connectivity index (χ0v) is 17.9. The van der Waals surface area contributed by atoms with Crippen molar-refractivity contribution in [1.82, 2.24) is 24.9 Å². The first-order valence-corrected chi connectivity index (χ1v) is 9.11. The smallest absolute Gasteiger partial charge is 0.289 e. The molecule has 8 nitrogen and oxygen atoms in total. The first-order valence-electron chi connectivity index (χ1n) is 9.11. The lowest BCUT2D eigenvalue weighted by molar-refractivity contribution is 0.0657. The van der Waals surface area contributed by atoms with Crippen LogP contribution in [-0.4, -0.2) is 70.7 Å². The van der Waals surface area contributed by atoms with Crippen LogP contribution in [0.3, 0.4) is 0 Å². The van der Waals surface area contributed by atoms with Crippen LogP contribution in [0.4, 0.5) is 0 Å². The molecule has 0 aromatic carbocycles. The molecular weight excluding hydrogens is 459 g/mol. The molecule has 0 aliphatic carbocycles. The Morgan fingerprint density at radius 2 is 2.04 bits per heavy atom. The van der Waals surface area contributed by atoms with Crippen LogP contribution in [0.5, 0.6) is 0 Å². The first-order chi connectivity index (χ1) is 12.8. The monoisotopic (exact) mass is 486 g/mol. The molecule has 9 heteroatoms. The molecule has 0 saturated carbocycles. The molecule has 148 valence electrons. The number of aliphatic imine (C=N–C) groups is 1. The molecule has 1 fully saturated rings. The molecule has 2 aromatic heterocycles. The third kappa shape index (κ3) is 5.98. The average Bonchev–Trinajstić information content (AvgIpc) is 3.38. The van der Waals surface area contributed by atoms with E-state index < -0.39 is 0 Å². The number of piperazine rings is 1. The fourth-order valence-electron chi connectivity index (χ4n) is 2.95. The van der Waals surface area contributed by atoms with Gasteiger partial charge in [0.2, 0.25) is 0 Å². The van der Waals surface area contributed by atoms with E-state index in [1.807, 2.05) is 21.8 Å². The van der Waals surface area contributed by atoms with E-state index in [0.717, 1.165) is 45.1 Å². The van der Waals surface area contributed by atoms with Crippen molar-refractivity contribution in [3.63, 3.8) is 0 Å². The van der Waals surface area contributed by atoms with Gasteiger partial charge in [0.05, 0.1) is 6.26 Å². The average molecular weight is 486 g/mol. The molecule has 3 rings (SSSR count). The van der Waals surface area contributed by atoms with Gasteiger partial charge in [0.1, 0.15) is 0 Å². The Labute approximate surface area is 176 Å². The van der Waals surface area contributed by atoms with Crippen LogP contribution in [0.15, 0.2) is 46.3 Å². The minimum absolute atomic E-state index is 0. The summed E-state index contributed by atoms with van der Waals surface area (Å²) in [7, 11) is 0. The molecule has 0 bridgehead atoms. The summed E-state index contributed by atoms with van der Waals surface area (Å²) in [5.74, 6) is 1.27. The molecule has 1 aliphatic rings. The third-order valence-electron chi connectivity index (χ3n) is 4.30. The second-order valence-electron chi connectivity index (χ2n) is 6.11. The second-order valence-corrected chi connectivity index (χ2v) is 6.11. The van der Waals surface area contributed by atoms with Gasteiger partial charge in [-0.15, -0.1) is 24.0 Å². The van der Waals surface area contributed by atoms with E-state index in [2.05, 4.69) is 22.2 Å². The highest BCUT2D eigenvalue weighted by Gasteiger charge is 2.25. The van der Waals surface area contributed by atoms with Crippen LogP contribution < -0.4 is 5.32 Å². The number of nitrogens with zero attached hydrogens (tertiary/aromatic N) is 5. The van der Waals surface area contributed by atoms with Gasteiger partial charge in [-0.1, -0.05) is 0 Å². The van der Waals surface area contributed by atoms with Crippen molar-refractivity contribution in [2.75, 3.05) is 39.3 Å². The zero-order chi connectivity index (χ0) is 18.2. The molecule has 0 spiro atoms. The summed E-state index contributed by atoms with van der Waals surface area (Å²) in [6, 6.07) is 5.37. The lowest BCUT2D eigenvalue weighted by atomic mass is 10.3. The number of carbonyl (C=O) groups excluding carboxylic acids is 1. The molecule has 27 heavy (non-hydrogen) atoms. The van der Waals surface area contributed by atoms with Crippen LogP contribution in [-0.2, 0) is 6.54 Å². The SMILES string of the molecule is CCNC(=NCCCn1cccn1)N1CCN(C(=O)c2ccco2)CC1.I. The number of nitrogens with one attached hydrogen (secondary N) is 1. The summed E-state index contributed by atoms with van der Waals surface area (Å²) >= 11 is 0. The third-order valence-corrected chi connectivity index (χ3v) is 4.30. The van der Waals surface area contributed by atoms with Gasteiger partial charge >= 0.3 is 0 Å². The number of furan rings is 1. The number of guanidine groups is 1. The largest absolute Gasteiger partial charge is 0.459 e. The van der Waals surface area contributed by atoms with Crippen molar-refractivity contribution in [2.45, 2.75) is 19.9 Å².